The van der Waals surface area contributed by atoms with E-state index >= 15 is 0 Å². The molecule has 1 amide bonds. The number of hydrogen-bond donors (Lipinski definition) is 3. The van der Waals surface area contributed by atoms with Crippen LogP contribution in [-0.4, -0.2) is 47.2 Å². The zero-order chi connectivity index (χ0) is 17.2. The van der Waals surface area contributed by atoms with Gasteiger partial charge in [-0.3, -0.25) is 9.69 Å². The van der Waals surface area contributed by atoms with E-state index in [1.54, 1.807) is 0 Å². The molecule has 2 aliphatic rings. The summed E-state index contributed by atoms with van der Waals surface area (Å²) in [7, 11) is 0. The first-order chi connectivity index (χ1) is 12.2. The average Bonchev–Trinajstić information content (AvgIpc) is 3.20. The van der Waals surface area contributed by atoms with Crippen molar-refractivity contribution in [3.63, 3.8) is 0 Å². The number of rotatable bonds is 4. The molecule has 3 heterocycles. The number of aliphatic hydroxyl groups excluding tert-OH is 1. The molecule has 0 radical (unpaired) electrons. The smallest absolute Gasteiger partial charge is 0.256 e. The van der Waals surface area contributed by atoms with Gasteiger partial charge in [0.2, 0.25) is 0 Å². The van der Waals surface area contributed by atoms with Crippen molar-refractivity contribution in [2.24, 2.45) is 0 Å². The summed E-state index contributed by atoms with van der Waals surface area (Å²) < 4.78 is 5.37. The fourth-order valence-corrected chi connectivity index (χ4v) is 3.28. The van der Waals surface area contributed by atoms with Gasteiger partial charge >= 0.3 is 0 Å². The topological polar surface area (TPSA) is 77.6 Å². The molecule has 1 aromatic heterocycles. The number of carbonyl (C=O) groups excluding carboxylic acids is 1. The van der Waals surface area contributed by atoms with E-state index in [0.717, 1.165) is 55.4 Å². The summed E-state index contributed by atoms with van der Waals surface area (Å²) in [5.74, 6) is -0.116. The number of aromatic amines is 1. The first kappa shape index (κ1) is 16.1. The maximum atomic E-state index is 12.3. The number of ether oxygens (including phenoxy) is 1. The van der Waals surface area contributed by atoms with Crippen LogP contribution in [0.25, 0.3) is 11.6 Å². The van der Waals surface area contributed by atoms with Crippen molar-refractivity contribution in [2.45, 2.75) is 13.2 Å². The Labute approximate surface area is 146 Å². The summed E-state index contributed by atoms with van der Waals surface area (Å²) in [4.78, 5) is 17.9. The van der Waals surface area contributed by atoms with Gasteiger partial charge in [-0.05, 0) is 35.4 Å². The van der Waals surface area contributed by atoms with Crippen LogP contribution in [0.4, 0.5) is 5.69 Å². The highest BCUT2D eigenvalue weighted by atomic mass is 16.5. The quantitative estimate of drug-likeness (QED) is 0.743. The van der Waals surface area contributed by atoms with Gasteiger partial charge in [-0.15, -0.1) is 0 Å². The van der Waals surface area contributed by atoms with Gasteiger partial charge in [0.25, 0.3) is 5.91 Å². The Kier molecular flexibility index (Phi) is 4.40. The highest BCUT2D eigenvalue weighted by Gasteiger charge is 2.24. The second-order valence-corrected chi connectivity index (χ2v) is 6.40. The van der Waals surface area contributed by atoms with Crippen molar-refractivity contribution in [2.75, 3.05) is 31.6 Å². The van der Waals surface area contributed by atoms with E-state index in [1.165, 1.54) is 5.56 Å². The molecule has 4 rings (SSSR count). The second kappa shape index (κ2) is 6.84. The van der Waals surface area contributed by atoms with Crippen LogP contribution in [0, 0.1) is 0 Å². The van der Waals surface area contributed by atoms with Crippen molar-refractivity contribution in [1.29, 1.82) is 0 Å². The molecule has 2 aromatic rings. The average molecular weight is 339 g/mol. The van der Waals surface area contributed by atoms with Gasteiger partial charge in [-0.2, -0.15) is 0 Å². The van der Waals surface area contributed by atoms with Crippen LogP contribution in [0.2, 0.25) is 0 Å². The number of amides is 1. The molecule has 3 N–H and O–H groups in total. The van der Waals surface area contributed by atoms with E-state index in [1.807, 2.05) is 30.5 Å². The molecule has 0 spiro atoms. The Hall–Kier alpha value is -2.41. The Bertz CT molecular complexity index is 819. The number of carbonyl (C=O) groups is 1. The normalized spacial score (nSPS) is 19.2. The molecular weight excluding hydrogens is 318 g/mol. The van der Waals surface area contributed by atoms with Crippen molar-refractivity contribution in [3.05, 3.63) is 52.8 Å². The molecule has 1 fully saturated rings. The van der Waals surface area contributed by atoms with Crippen LogP contribution in [0.5, 0.6) is 0 Å². The van der Waals surface area contributed by atoms with Crippen LogP contribution in [-0.2, 0) is 22.7 Å². The van der Waals surface area contributed by atoms with Gasteiger partial charge in [0.05, 0.1) is 25.4 Å². The third-order valence-electron chi connectivity index (χ3n) is 4.62. The summed E-state index contributed by atoms with van der Waals surface area (Å²) in [6.45, 7) is 4.29. The molecule has 25 heavy (non-hydrogen) atoms. The fraction of sp³-hybridized carbons (Fsp3) is 0.316. The number of aliphatic hydroxyl groups is 1. The Morgan fingerprint density at radius 2 is 2.04 bits per heavy atom. The predicted octanol–water partition coefficient (Wildman–Crippen LogP) is 1.83. The van der Waals surface area contributed by atoms with Crippen molar-refractivity contribution < 1.29 is 14.6 Å². The summed E-state index contributed by atoms with van der Waals surface area (Å²) >= 11 is 0. The monoisotopic (exact) mass is 339 g/mol. The minimum absolute atomic E-state index is 0.0407. The molecule has 0 aliphatic carbocycles. The molecular formula is C19H21N3O3. The van der Waals surface area contributed by atoms with E-state index in [-0.39, 0.29) is 12.5 Å². The minimum Gasteiger partial charge on any atom is -0.392 e. The van der Waals surface area contributed by atoms with Crippen molar-refractivity contribution in [1.82, 2.24) is 9.88 Å². The molecule has 1 saturated heterocycles. The Balaban J connectivity index is 1.56. The van der Waals surface area contributed by atoms with E-state index in [0.29, 0.717) is 5.57 Å². The van der Waals surface area contributed by atoms with Gasteiger partial charge in [0.1, 0.15) is 0 Å². The Morgan fingerprint density at radius 3 is 2.84 bits per heavy atom. The summed E-state index contributed by atoms with van der Waals surface area (Å²) in [6.07, 6.45) is 3.85. The number of aromatic nitrogens is 1. The third-order valence-corrected chi connectivity index (χ3v) is 4.62. The SMILES string of the molecule is O=C1Nc2ccc(CO)cc2/C1=C/c1cc(CN2CCOCC2)c[nH]1. The van der Waals surface area contributed by atoms with Crippen LogP contribution >= 0.6 is 0 Å². The maximum absolute atomic E-state index is 12.3. The minimum atomic E-state index is -0.116. The van der Waals surface area contributed by atoms with Crippen LogP contribution in [0.15, 0.2) is 30.5 Å². The predicted molar refractivity (Wildman–Crippen MR) is 95.8 cm³/mol. The summed E-state index contributed by atoms with van der Waals surface area (Å²) in [5, 5.41) is 12.2. The van der Waals surface area contributed by atoms with Crippen LogP contribution in [0.1, 0.15) is 22.4 Å². The Morgan fingerprint density at radius 1 is 1.20 bits per heavy atom. The highest BCUT2D eigenvalue weighted by molar-refractivity contribution is 6.34. The molecule has 6 heteroatoms. The number of H-pyrrole nitrogens is 1. The van der Waals surface area contributed by atoms with E-state index < -0.39 is 0 Å². The first-order valence-electron chi connectivity index (χ1n) is 8.47. The highest BCUT2D eigenvalue weighted by Crippen LogP contribution is 2.33. The number of benzene rings is 1. The lowest BCUT2D eigenvalue weighted by atomic mass is 10.0. The third kappa shape index (κ3) is 3.37. The first-order valence-corrected chi connectivity index (χ1v) is 8.47. The lowest BCUT2D eigenvalue weighted by Gasteiger charge is -2.25. The molecule has 0 unspecified atom stereocenters. The molecule has 0 saturated carbocycles. The van der Waals surface area contributed by atoms with Gasteiger partial charge in [-0.25, -0.2) is 0 Å². The zero-order valence-electron chi connectivity index (χ0n) is 13.9. The number of nitrogens with one attached hydrogen (secondary N) is 2. The number of anilines is 1. The van der Waals surface area contributed by atoms with Crippen LogP contribution < -0.4 is 5.32 Å². The standard InChI is InChI=1S/C19H21N3O3/c23-12-13-1-2-18-16(8-13)17(19(24)21-18)9-15-7-14(10-20-15)11-22-3-5-25-6-4-22/h1-2,7-10,20,23H,3-6,11-12H2,(H,21,24)/b17-9-. The molecule has 0 bridgehead atoms. The van der Waals surface area contributed by atoms with E-state index in [9.17, 15) is 9.90 Å². The molecule has 1 aromatic carbocycles. The summed E-state index contributed by atoms with van der Waals surface area (Å²) in [6, 6.07) is 7.58. The number of fused-ring (bicyclic) bond motifs is 1. The molecule has 130 valence electrons. The van der Waals surface area contributed by atoms with Gasteiger partial charge in [0.15, 0.2) is 0 Å². The number of hydrogen-bond acceptors (Lipinski definition) is 4. The lowest BCUT2D eigenvalue weighted by Crippen LogP contribution is -2.35. The lowest BCUT2D eigenvalue weighted by molar-refractivity contribution is -0.110. The summed E-state index contributed by atoms with van der Waals surface area (Å²) in [5.41, 5.74) is 5.12. The largest absolute Gasteiger partial charge is 0.392 e. The van der Waals surface area contributed by atoms with Crippen molar-refractivity contribution in [3.8, 4) is 0 Å². The molecule has 6 nitrogen and oxygen atoms in total. The van der Waals surface area contributed by atoms with Gasteiger partial charge in [-0.1, -0.05) is 6.07 Å². The number of nitrogens with zero attached hydrogens (tertiary/aromatic N) is 1. The maximum Gasteiger partial charge on any atom is 0.256 e. The van der Waals surface area contributed by atoms with E-state index in [4.69, 9.17) is 4.74 Å². The number of morpholine rings is 1. The molecule has 2 aliphatic heterocycles. The van der Waals surface area contributed by atoms with Gasteiger partial charge < -0.3 is 20.1 Å². The zero-order valence-corrected chi connectivity index (χ0v) is 13.9. The molecule has 0 atom stereocenters. The van der Waals surface area contributed by atoms with Gasteiger partial charge in [0, 0.05) is 42.8 Å². The van der Waals surface area contributed by atoms with E-state index in [2.05, 4.69) is 21.3 Å². The van der Waals surface area contributed by atoms with Crippen LogP contribution in [0.3, 0.4) is 0 Å². The fourth-order valence-electron chi connectivity index (χ4n) is 3.28. The second-order valence-electron chi connectivity index (χ2n) is 6.40. The van der Waals surface area contributed by atoms with Crippen molar-refractivity contribution >= 4 is 23.2 Å².